The van der Waals surface area contributed by atoms with Crippen LogP contribution < -0.4 is 5.73 Å². The maximum atomic E-state index is 13.5. The van der Waals surface area contributed by atoms with Crippen LogP contribution in [0.15, 0.2) is 42.5 Å². The normalized spacial score (nSPS) is 34.1. The molecule has 6 heteroatoms. The zero-order valence-corrected chi connectivity index (χ0v) is 20.0. The number of primary amides is 1. The van der Waals surface area contributed by atoms with E-state index >= 15 is 0 Å². The standard InChI is InChI=1S/C28H31ClN2O3/c29-24-12-19(17-1-3-18(4-2-17)26(30)32)5-6-20(24)11-21-7-8-31(27(21)33)25-22-9-16-10-23(25)15-28(34,13-16)14-22/h1-6,12,16,21-23,25,34H,7-11,13-15H2,(H2,30,32). The molecule has 2 aromatic carbocycles. The summed E-state index contributed by atoms with van der Waals surface area (Å²) in [5, 5.41) is 11.6. The second kappa shape index (κ2) is 8.10. The lowest BCUT2D eigenvalue weighted by Gasteiger charge is -2.59. The summed E-state index contributed by atoms with van der Waals surface area (Å²) < 4.78 is 0. The number of amides is 2. The van der Waals surface area contributed by atoms with Crippen LogP contribution in [0.1, 0.15) is 54.4 Å². The average Bonchev–Trinajstić information content (AvgIpc) is 3.14. The van der Waals surface area contributed by atoms with E-state index in [1.165, 1.54) is 12.8 Å². The number of rotatable bonds is 5. The van der Waals surface area contributed by atoms with Crippen LogP contribution in [-0.4, -0.2) is 40.0 Å². The molecule has 5 aliphatic rings. The Morgan fingerprint density at radius 2 is 1.74 bits per heavy atom. The highest BCUT2D eigenvalue weighted by Crippen LogP contribution is 2.57. The lowest BCUT2D eigenvalue weighted by Crippen LogP contribution is -2.62. The van der Waals surface area contributed by atoms with Crippen LogP contribution in [-0.2, 0) is 11.2 Å². The van der Waals surface area contributed by atoms with E-state index in [4.69, 9.17) is 17.3 Å². The van der Waals surface area contributed by atoms with Gasteiger partial charge in [0.2, 0.25) is 11.8 Å². The molecule has 0 aromatic heterocycles. The van der Waals surface area contributed by atoms with E-state index in [0.29, 0.717) is 40.8 Å². The van der Waals surface area contributed by atoms with E-state index in [9.17, 15) is 14.7 Å². The van der Waals surface area contributed by atoms with E-state index in [0.717, 1.165) is 48.9 Å². The lowest BCUT2D eigenvalue weighted by molar-refractivity contribution is -0.168. The van der Waals surface area contributed by atoms with Crippen molar-refractivity contribution in [1.82, 2.24) is 4.90 Å². The number of aliphatic hydroxyl groups is 1. The van der Waals surface area contributed by atoms with Gasteiger partial charge in [-0.3, -0.25) is 9.59 Å². The summed E-state index contributed by atoms with van der Waals surface area (Å²) in [6.45, 7) is 0.826. The average molecular weight is 479 g/mol. The maximum Gasteiger partial charge on any atom is 0.248 e. The highest BCUT2D eigenvalue weighted by Gasteiger charge is 2.57. The minimum absolute atomic E-state index is 0.0292. The Bertz CT molecular complexity index is 1130. The lowest BCUT2D eigenvalue weighted by atomic mass is 9.52. The number of nitrogens with two attached hydrogens (primary N) is 1. The zero-order valence-electron chi connectivity index (χ0n) is 19.3. The van der Waals surface area contributed by atoms with Gasteiger partial charge in [-0.2, -0.15) is 0 Å². The molecule has 3 unspecified atom stereocenters. The molecule has 0 radical (unpaired) electrons. The van der Waals surface area contributed by atoms with Gasteiger partial charge in [0.05, 0.1) is 5.60 Å². The number of hydrogen-bond acceptors (Lipinski definition) is 3. The summed E-state index contributed by atoms with van der Waals surface area (Å²) >= 11 is 6.66. The Hall–Kier alpha value is -2.37. The van der Waals surface area contributed by atoms with Gasteiger partial charge in [0.1, 0.15) is 0 Å². The molecular formula is C28H31ClN2O3. The first kappa shape index (κ1) is 22.1. The van der Waals surface area contributed by atoms with Crippen molar-refractivity contribution < 1.29 is 14.7 Å². The monoisotopic (exact) mass is 478 g/mol. The van der Waals surface area contributed by atoms with Gasteiger partial charge in [0, 0.05) is 29.1 Å². The molecule has 5 nitrogen and oxygen atoms in total. The summed E-state index contributed by atoms with van der Waals surface area (Å²) in [6, 6.07) is 13.5. The summed E-state index contributed by atoms with van der Waals surface area (Å²) in [6.07, 6.45) is 6.57. The number of nitrogens with zero attached hydrogens (tertiary/aromatic N) is 1. The van der Waals surface area contributed by atoms with Gasteiger partial charge in [-0.25, -0.2) is 0 Å². The molecule has 5 fully saturated rings. The Morgan fingerprint density at radius 1 is 1.06 bits per heavy atom. The van der Waals surface area contributed by atoms with E-state index in [1.807, 2.05) is 30.3 Å². The quantitative estimate of drug-likeness (QED) is 0.666. The molecule has 3 atom stereocenters. The summed E-state index contributed by atoms with van der Waals surface area (Å²) in [5.74, 6) is 1.37. The van der Waals surface area contributed by atoms with Gasteiger partial charge in [-0.15, -0.1) is 0 Å². The van der Waals surface area contributed by atoms with Crippen molar-refractivity contribution in [2.75, 3.05) is 6.54 Å². The number of halogens is 1. The predicted molar refractivity (Wildman–Crippen MR) is 131 cm³/mol. The SMILES string of the molecule is NC(=O)c1ccc(-c2ccc(CC3CCN(C4C5CC6CC4CC(O)(C6)C5)C3=O)c(Cl)c2)cc1. The van der Waals surface area contributed by atoms with Crippen LogP contribution in [0.4, 0.5) is 0 Å². The van der Waals surface area contributed by atoms with Crippen molar-refractivity contribution in [2.45, 2.75) is 56.6 Å². The summed E-state index contributed by atoms with van der Waals surface area (Å²) in [7, 11) is 0. The van der Waals surface area contributed by atoms with Crippen LogP contribution in [0.25, 0.3) is 11.1 Å². The third-order valence-corrected chi connectivity index (χ3v) is 9.28. The first-order valence-corrected chi connectivity index (χ1v) is 12.9. The van der Waals surface area contributed by atoms with E-state index in [-0.39, 0.29) is 11.8 Å². The fourth-order valence-corrected chi connectivity index (χ4v) is 7.95. The van der Waals surface area contributed by atoms with E-state index in [1.54, 1.807) is 12.1 Å². The van der Waals surface area contributed by atoms with Crippen LogP contribution in [0.3, 0.4) is 0 Å². The van der Waals surface area contributed by atoms with Gasteiger partial charge in [-0.05, 0) is 97.6 Å². The molecule has 2 amide bonds. The third kappa shape index (κ3) is 3.74. The van der Waals surface area contributed by atoms with Crippen LogP contribution in [0, 0.1) is 23.7 Å². The molecule has 3 N–H and O–H groups in total. The third-order valence-electron chi connectivity index (χ3n) is 8.92. The number of carbonyl (C=O) groups excluding carboxylic acids is 2. The number of benzene rings is 2. The molecule has 34 heavy (non-hydrogen) atoms. The number of likely N-dealkylation sites (tertiary alicyclic amines) is 1. The van der Waals surface area contributed by atoms with Gasteiger partial charge in [-0.1, -0.05) is 35.9 Å². The molecule has 0 spiro atoms. The first-order chi connectivity index (χ1) is 16.3. The second-order valence-electron chi connectivity index (χ2n) is 11.2. The Labute approximate surface area is 205 Å². The fraction of sp³-hybridized carbons (Fsp3) is 0.500. The van der Waals surface area contributed by atoms with Gasteiger partial charge >= 0.3 is 0 Å². The topological polar surface area (TPSA) is 83.6 Å². The van der Waals surface area contributed by atoms with Gasteiger partial charge in [0.25, 0.3) is 0 Å². The zero-order chi connectivity index (χ0) is 23.6. The van der Waals surface area contributed by atoms with Crippen molar-refractivity contribution >= 4 is 23.4 Å². The second-order valence-corrected chi connectivity index (χ2v) is 11.6. The largest absolute Gasteiger partial charge is 0.390 e. The highest BCUT2D eigenvalue weighted by atomic mass is 35.5. The maximum absolute atomic E-state index is 13.5. The molecule has 1 saturated heterocycles. The minimum Gasteiger partial charge on any atom is -0.390 e. The molecule has 178 valence electrons. The van der Waals surface area contributed by atoms with Gasteiger partial charge in [0.15, 0.2) is 0 Å². The van der Waals surface area contributed by atoms with Crippen LogP contribution in [0.2, 0.25) is 5.02 Å². The summed E-state index contributed by atoms with van der Waals surface area (Å²) in [5.41, 5.74) is 8.27. The highest BCUT2D eigenvalue weighted by molar-refractivity contribution is 6.31. The minimum atomic E-state index is -0.468. The van der Waals surface area contributed by atoms with Crippen molar-refractivity contribution in [2.24, 2.45) is 29.4 Å². The van der Waals surface area contributed by atoms with E-state index in [2.05, 4.69) is 4.90 Å². The molecule has 4 bridgehead atoms. The molecule has 2 aromatic rings. The van der Waals surface area contributed by atoms with Crippen molar-refractivity contribution in [3.63, 3.8) is 0 Å². The van der Waals surface area contributed by atoms with Crippen molar-refractivity contribution in [3.8, 4) is 11.1 Å². The molecule has 7 rings (SSSR count). The van der Waals surface area contributed by atoms with Crippen LogP contribution in [0.5, 0.6) is 0 Å². The van der Waals surface area contributed by atoms with Crippen molar-refractivity contribution in [3.05, 3.63) is 58.6 Å². The fourth-order valence-electron chi connectivity index (χ4n) is 7.70. The molecule has 4 aliphatic carbocycles. The Morgan fingerprint density at radius 3 is 2.35 bits per heavy atom. The number of carbonyl (C=O) groups is 2. The Balaban J connectivity index is 1.15. The first-order valence-electron chi connectivity index (χ1n) is 12.5. The van der Waals surface area contributed by atoms with Crippen molar-refractivity contribution in [1.29, 1.82) is 0 Å². The smallest absolute Gasteiger partial charge is 0.248 e. The molecular weight excluding hydrogens is 448 g/mol. The van der Waals surface area contributed by atoms with Crippen LogP contribution >= 0.6 is 11.6 Å². The number of hydrogen-bond donors (Lipinski definition) is 2. The van der Waals surface area contributed by atoms with E-state index < -0.39 is 11.5 Å². The Kier molecular flexibility index (Phi) is 5.27. The summed E-state index contributed by atoms with van der Waals surface area (Å²) in [4.78, 5) is 27.0. The molecule has 4 saturated carbocycles. The predicted octanol–water partition coefficient (Wildman–Crippen LogP) is 4.44. The van der Waals surface area contributed by atoms with Gasteiger partial charge < -0.3 is 15.7 Å². The molecule has 1 aliphatic heterocycles. The molecule has 1 heterocycles.